The van der Waals surface area contributed by atoms with Crippen molar-refractivity contribution in [2.24, 2.45) is 0 Å². The lowest BCUT2D eigenvalue weighted by Crippen LogP contribution is -2.05. The zero-order chi connectivity index (χ0) is 17.7. The number of carbonyl (C=O) groups excluding carboxylic acids is 1. The maximum absolute atomic E-state index is 12.5. The highest BCUT2D eigenvalue weighted by Crippen LogP contribution is 2.34. The quantitative estimate of drug-likeness (QED) is 0.656. The third kappa shape index (κ3) is 5.28. The molecule has 24 heavy (non-hydrogen) atoms. The van der Waals surface area contributed by atoms with Crippen LogP contribution in [0.2, 0.25) is 5.02 Å². The van der Waals surface area contributed by atoms with E-state index >= 15 is 0 Å². The van der Waals surface area contributed by atoms with E-state index in [-0.39, 0.29) is 23.9 Å². The maximum atomic E-state index is 12.5. The molecule has 0 aliphatic rings. The Hall–Kier alpha value is -1.99. The number of hydrogen-bond donors (Lipinski definition) is 0. The van der Waals surface area contributed by atoms with Crippen LogP contribution in [-0.2, 0) is 11.0 Å². The molecule has 0 spiro atoms. The summed E-state index contributed by atoms with van der Waals surface area (Å²) in [6.45, 7) is 0.134. The average Bonchev–Trinajstić information content (AvgIpc) is 2.49. The predicted octanol–water partition coefficient (Wildman–Crippen LogP) is 5.08. The minimum absolute atomic E-state index is 0.0743. The lowest BCUT2D eigenvalue weighted by atomic mass is 10.3. The van der Waals surface area contributed by atoms with Gasteiger partial charge in [0, 0.05) is 6.20 Å². The first kappa shape index (κ1) is 18.4. The molecular formula is C15H10Cl2F3NO3. The number of hydrogen-bond acceptors (Lipinski definition) is 4. The minimum Gasteiger partial charge on any atom is -0.493 e. The fourth-order valence-electron chi connectivity index (χ4n) is 1.62. The fraction of sp³-hybridized carbons (Fsp3) is 0.200. The van der Waals surface area contributed by atoms with Crippen molar-refractivity contribution in [3.63, 3.8) is 0 Å². The average molecular weight is 380 g/mol. The molecule has 0 unspecified atom stereocenters. The summed E-state index contributed by atoms with van der Waals surface area (Å²) < 4.78 is 48.2. The summed E-state index contributed by atoms with van der Waals surface area (Å²) in [6.07, 6.45) is -3.81. The van der Waals surface area contributed by atoms with Crippen LogP contribution in [0.3, 0.4) is 0 Å². The summed E-state index contributed by atoms with van der Waals surface area (Å²) in [7, 11) is 0. The van der Waals surface area contributed by atoms with Crippen molar-refractivity contribution in [3.8, 4) is 17.4 Å². The molecular weight excluding hydrogens is 370 g/mol. The largest absolute Gasteiger partial charge is 0.493 e. The topological polar surface area (TPSA) is 48.4 Å². The molecule has 0 bridgehead atoms. The van der Waals surface area contributed by atoms with Crippen molar-refractivity contribution in [3.05, 3.63) is 47.1 Å². The number of halogens is 5. The van der Waals surface area contributed by atoms with Gasteiger partial charge in [-0.05, 0) is 41.9 Å². The number of aromatic nitrogens is 1. The molecule has 0 saturated heterocycles. The van der Waals surface area contributed by atoms with E-state index < -0.39 is 17.0 Å². The van der Waals surface area contributed by atoms with Gasteiger partial charge in [0.15, 0.2) is 0 Å². The summed E-state index contributed by atoms with van der Waals surface area (Å²) in [5.41, 5.74) is -0.961. The Bertz CT molecular complexity index is 721. The summed E-state index contributed by atoms with van der Waals surface area (Å²) in [6, 6.07) is 6.91. The van der Waals surface area contributed by atoms with Gasteiger partial charge in [0.1, 0.15) is 16.5 Å². The SMILES string of the molecule is O=C(Cl)CCOc1ccc(Oc2ncc(C(F)(F)F)cc2Cl)cc1. The van der Waals surface area contributed by atoms with Gasteiger partial charge in [-0.2, -0.15) is 13.2 Å². The van der Waals surface area contributed by atoms with E-state index in [1.54, 1.807) is 12.1 Å². The number of alkyl halides is 3. The normalized spacial score (nSPS) is 11.2. The van der Waals surface area contributed by atoms with Gasteiger partial charge in [0.05, 0.1) is 18.6 Å². The van der Waals surface area contributed by atoms with E-state index in [0.29, 0.717) is 17.7 Å². The van der Waals surface area contributed by atoms with Crippen LogP contribution in [0.15, 0.2) is 36.5 Å². The number of ether oxygens (including phenoxy) is 2. The van der Waals surface area contributed by atoms with Crippen molar-refractivity contribution >= 4 is 28.4 Å². The number of rotatable bonds is 6. The van der Waals surface area contributed by atoms with Gasteiger partial charge in [-0.1, -0.05) is 11.6 Å². The van der Waals surface area contributed by atoms with Crippen molar-refractivity contribution < 1.29 is 27.4 Å². The van der Waals surface area contributed by atoms with Crippen LogP contribution >= 0.6 is 23.2 Å². The van der Waals surface area contributed by atoms with E-state index in [9.17, 15) is 18.0 Å². The molecule has 4 nitrogen and oxygen atoms in total. The minimum atomic E-state index is -4.53. The van der Waals surface area contributed by atoms with Crippen LogP contribution in [0, 0.1) is 0 Å². The Morgan fingerprint density at radius 1 is 1.17 bits per heavy atom. The molecule has 0 N–H and O–H groups in total. The number of carbonyl (C=O) groups is 1. The van der Waals surface area contributed by atoms with Crippen molar-refractivity contribution in [2.75, 3.05) is 6.61 Å². The van der Waals surface area contributed by atoms with Crippen LogP contribution in [0.1, 0.15) is 12.0 Å². The first-order chi connectivity index (χ1) is 11.3. The molecule has 0 atom stereocenters. The highest BCUT2D eigenvalue weighted by Gasteiger charge is 2.31. The van der Waals surface area contributed by atoms with Crippen molar-refractivity contribution in [1.29, 1.82) is 0 Å². The summed E-state index contributed by atoms with van der Waals surface area (Å²) >= 11 is 10.9. The van der Waals surface area contributed by atoms with Gasteiger partial charge in [-0.25, -0.2) is 4.98 Å². The zero-order valence-electron chi connectivity index (χ0n) is 11.9. The van der Waals surface area contributed by atoms with E-state index in [2.05, 4.69) is 4.98 Å². The third-order valence-corrected chi connectivity index (χ3v) is 3.20. The van der Waals surface area contributed by atoms with Gasteiger partial charge >= 0.3 is 6.18 Å². The summed E-state index contributed by atoms with van der Waals surface area (Å²) in [5, 5.41) is -0.760. The third-order valence-electron chi connectivity index (χ3n) is 2.74. The molecule has 0 radical (unpaired) electrons. The van der Waals surface area contributed by atoms with Crippen LogP contribution in [0.5, 0.6) is 17.4 Å². The number of nitrogens with zero attached hydrogens (tertiary/aromatic N) is 1. The zero-order valence-corrected chi connectivity index (χ0v) is 13.5. The number of pyridine rings is 1. The van der Waals surface area contributed by atoms with Gasteiger partial charge < -0.3 is 9.47 Å². The maximum Gasteiger partial charge on any atom is 0.417 e. The van der Waals surface area contributed by atoms with Gasteiger partial charge in [0.2, 0.25) is 11.1 Å². The van der Waals surface area contributed by atoms with Crippen LogP contribution in [-0.4, -0.2) is 16.8 Å². The molecule has 128 valence electrons. The second-order valence-electron chi connectivity index (χ2n) is 4.54. The highest BCUT2D eigenvalue weighted by atomic mass is 35.5. The molecule has 2 aromatic rings. The molecule has 9 heteroatoms. The Morgan fingerprint density at radius 3 is 2.33 bits per heavy atom. The molecule has 1 aromatic carbocycles. The van der Waals surface area contributed by atoms with Gasteiger partial charge in [0.25, 0.3) is 0 Å². The second kappa shape index (κ2) is 7.72. The lowest BCUT2D eigenvalue weighted by Gasteiger charge is -2.10. The molecule has 2 rings (SSSR count). The lowest BCUT2D eigenvalue weighted by molar-refractivity contribution is -0.137. The first-order valence-corrected chi connectivity index (χ1v) is 7.33. The summed E-state index contributed by atoms with van der Waals surface area (Å²) in [5.74, 6) is 0.641. The summed E-state index contributed by atoms with van der Waals surface area (Å²) in [4.78, 5) is 14.2. The highest BCUT2D eigenvalue weighted by molar-refractivity contribution is 6.63. The molecule has 0 aliphatic carbocycles. The van der Waals surface area contributed by atoms with Crippen molar-refractivity contribution in [2.45, 2.75) is 12.6 Å². The Balaban J connectivity index is 2.02. The van der Waals surface area contributed by atoms with E-state index in [1.165, 1.54) is 12.1 Å². The Labute approximate surface area is 145 Å². The van der Waals surface area contributed by atoms with Gasteiger partial charge in [-0.15, -0.1) is 0 Å². The fourth-order valence-corrected chi connectivity index (χ4v) is 1.90. The first-order valence-electron chi connectivity index (χ1n) is 6.57. The predicted molar refractivity (Wildman–Crippen MR) is 81.7 cm³/mol. The van der Waals surface area contributed by atoms with E-state index in [0.717, 1.165) is 6.07 Å². The van der Waals surface area contributed by atoms with Crippen molar-refractivity contribution in [1.82, 2.24) is 4.98 Å². The molecule has 1 heterocycles. The molecule has 1 aromatic heterocycles. The molecule has 0 amide bonds. The van der Waals surface area contributed by atoms with Crippen LogP contribution in [0.25, 0.3) is 0 Å². The molecule has 0 aliphatic heterocycles. The standard InChI is InChI=1S/C15H10Cl2F3NO3/c16-12-7-9(15(18,19)20)8-21-14(12)24-11-3-1-10(2-4-11)23-6-5-13(17)22/h1-4,7-8H,5-6H2. The second-order valence-corrected chi connectivity index (χ2v) is 5.36. The smallest absolute Gasteiger partial charge is 0.417 e. The van der Waals surface area contributed by atoms with Gasteiger partial charge in [-0.3, -0.25) is 4.79 Å². The molecule has 0 saturated carbocycles. The number of benzene rings is 1. The van der Waals surface area contributed by atoms with E-state index in [1.807, 2.05) is 0 Å². The Morgan fingerprint density at radius 2 is 1.79 bits per heavy atom. The Kier molecular flexibility index (Phi) is 5.90. The van der Waals surface area contributed by atoms with E-state index in [4.69, 9.17) is 32.7 Å². The van der Waals surface area contributed by atoms with Crippen LogP contribution < -0.4 is 9.47 Å². The van der Waals surface area contributed by atoms with Crippen LogP contribution in [0.4, 0.5) is 13.2 Å². The molecule has 0 fully saturated rings. The monoisotopic (exact) mass is 379 g/mol.